The number of nitrogens with one attached hydrogen (secondary N) is 2. The number of aryl methyl sites for hydroxylation is 1. The Morgan fingerprint density at radius 1 is 0.963 bits per heavy atom. The second-order valence-corrected chi connectivity index (χ2v) is 6.58. The van der Waals surface area contributed by atoms with Crippen LogP contribution in [0.15, 0.2) is 66.9 Å². The molecule has 2 aromatic carbocycles. The zero-order chi connectivity index (χ0) is 18.6. The van der Waals surface area contributed by atoms with Crippen molar-refractivity contribution in [2.75, 3.05) is 10.6 Å². The average molecular weight is 376 g/mol. The van der Waals surface area contributed by atoms with Crippen molar-refractivity contribution >= 4 is 40.0 Å². The third-order valence-electron chi connectivity index (χ3n) is 4.14. The highest BCUT2D eigenvalue weighted by Crippen LogP contribution is 2.24. The van der Waals surface area contributed by atoms with Gasteiger partial charge in [-0.05, 0) is 30.7 Å². The van der Waals surface area contributed by atoms with Crippen LogP contribution in [0.4, 0.5) is 17.5 Å². The number of anilines is 3. The highest BCUT2D eigenvalue weighted by molar-refractivity contribution is 6.31. The molecular formula is C21H18ClN5. The molecule has 27 heavy (non-hydrogen) atoms. The van der Waals surface area contributed by atoms with E-state index in [1.807, 2.05) is 67.6 Å². The van der Waals surface area contributed by atoms with Crippen molar-refractivity contribution < 1.29 is 0 Å². The molecule has 2 aromatic heterocycles. The maximum Gasteiger partial charge on any atom is 0.225 e. The van der Waals surface area contributed by atoms with E-state index in [9.17, 15) is 0 Å². The van der Waals surface area contributed by atoms with Crippen molar-refractivity contribution in [3.05, 3.63) is 83.1 Å². The van der Waals surface area contributed by atoms with Crippen molar-refractivity contribution in [3.8, 4) is 0 Å². The summed E-state index contributed by atoms with van der Waals surface area (Å²) in [4.78, 5) is 13.5. The summed E-state index contributed by atoms with van der Waals surface area (Å²) in [6.45, 7) is 2.49. The number of pyridine rings is 1. The number of aromatic nitrogens is 3. The lowest BCUT2D eigenvalue weighted by Gasteiger charge is -2.12. The monoisotopic (exact) mass is 375 g/mol. The lowest BCUT2D eigenvalue weighted by Crippen LogP contribution is -2.06. The smallest absolute Gasteiger partial charge is 0.225 e. The SMILES string of the molecule is Cc1cc(Nc2cccc3cccnc23)nc(NCc2ccccc2Cl)n1. The quantitative estimate of drug-likeness (QED) is 0.492. The highest BCUT2D eigenvalue weighted by atomic mass is 35.5. The molecule has 0 fully saturated rings. The molecule has 0 aliphatic heterocycles. The van der Waals surface area contributed by atoms with Gasteiger partial charge in [-0.15, -0.1) is 0 Å². The number of para-hydroxylation sites is 1. The minimum atomic E-state index is 0.547. The Kier molecular flexibility index (Phi) is 4.85. The van der Waals surface area contributed by atoms with Crippen LogP contribution in [0.1, 0.15) is 11.3 Å². The summed E-state index contributed by atoms with van der Waals surface area (Å²) in [6, 6.07) is 19.6. The average Bonchev–Trinajstić information content (AvgIpc) is 2.67. The van der Waals surface area contributed by atoms with Crippen molar-refractivity contribution in [1.82, 2.24) is 15.0 Å². The number of hydrogen-bond acceptors (Lipinski definition) is 5. The molecule has 4 aromatic rings. The van der Waals surface area contributed by atoms with E-state index in [1.165, 1.54) is 0 Å². The Balaban J connectivity index is 1.58. The number of nitrogens with zero attached hydrogens (tertiary/aromatic N) is 3. The summed E-state index contributed by atoms with van der Waals surface area (Å²) in [5.41, 5.74) is 3.67. The maximum atomic E-state index is 6.22. The van der Waals surface area contributed by atoms with Crippen molar-refractivity contribution in [2.45, 2.75) is 13.5 Å². The molecular weight excluding hydrogens is 358 g/mol. The van der Waals surface area contributed by atoms with Crippen LogP contribution < -0.4 is 10.6 Å². The second-order valence-electron chi connectivity index (χ2n) is 6.17. The van der Waals surface area contributed by atoms with Crippen molar-refractivity contribution in [3.63, 3.8) is 0 Å². The fourth-order valence-corrected chi connectivity index (χ4v) is 3.07. The fourth-order valence-electron chi connectivity index (χ4n) is 2.87. The van der Waals surface area contributed by atoms with Gasteiger partial charge in [-0.25, -0.2) is 4.98 Å². The first kappa shape index (κ1) is 17.2. The number of halogens is 1. The molecule has 6 heteroatoms. The molecule has 0 aliphatic carbocycles. The number of rotatable bonds is 5. The topological polar surface area (TPSA) is 62.7 Å². The molecule has 0 unspecified atom stereocenters. The summed E-state index contributed by atoms with van der Waals surface area (Å²) >= 11 is 6.22. The van der Waals surface area contributed by atoms with Crippen LogP contribution >= 0.6 is 11.6 Å². The predicted molar refractivity (Wildman–Crippen MR) is 111 cm³/mol. The Morgan fingerprint density at radius 2 is 1.81 bits per heavy atom. The van der Waals surface area contributed by atoms with Gasteiger partial charge in [-0.2, -0.15) is 4.98 Å². The first-order valence-electron chi connectivity index (χ1n) is 8.63. The molecule has 0 saturated carbocycles. The number of hydrogen-bond donors (Lipinski definition) is 2. The van der Waals surface area contributed by atoms with E-state index in [1.54, 1.807) is 6.20 Å². The Hall–Kier alpha value is -3.18. The van der Waals surface area contributed by atoms with Gasteiger partial charge in [0, 0.05) is 34.9 Å². The molecule has 0 radical (unpaired) electrons. The van der Waals surface area contributed by atoms with E-state index in [-0.39, 0.29) is 0 Å². The van der Waals surface area contributed by atoms with Crippen LogP contribution in [-0.2, 0) is 6.54 Å². The second kappa shape index (κ2) is 7.60. The molecule has 5 nitrogen and oxygen atoms in total. The molecule has 0 spiro atoms. The van der Waals surface area contributed by atoms with E-state index in [2.05, 4.69) is 25.6 Å². The van der Waals surface area contributed by atoms with E-state index >= 15 is 0 Å². The zero-order valence-corrected chi connectivity index (χ0v) is 15.5. The van der Waals surface area contributed by atoms with Crippen LogP contribution in [0.5, 0.6) is 0 Å². The molecule has 0 saturated heterocycles. The van der Waals surface area contributed by atoms with Gasteiger partial charge in [-0.1, -0.05) is 48.0 Å². The summed E-state index contributed by atoms with van der Waals surface area (Å²) < 4.78 is 0. The third-order valence-corrected chi connectivity index (χ3v) is 4.51. The Morgan fingerprint density at radius 3 is 2.70 bits per heavy atom. The molecule has 0 aliphatic rings. The van der Waals surface area contributed by atoms with Gasteiger partial charge in [0.05, 0.1) is 11.2 Å². The predicted octanol–water partition coefficient (Wildman–Crippen LogP) is 5.34. The van der Waals surface area contributed by atoms with E-state index in [4.69, 9.17) is 11.6 Å². The Bertz CT molecular complexity index is 1090. The summed E-state index contributed by atoms with van der Waals surface area (Å²) in [6.07, 6.45) is 1.79. The summed E-state index contributed by atoms with van der Waals surface area (Å²) in [5.74, 6) is 1.26. The van der Waals surface area contributed by atoms with Gasteiger partial charge in [0.1, 0.15) is 5.82 Å². The number of benzene rings is 2. The third kappa shape index (κ3) is 3.99. The first-order valence-corrected chi connectivity index (χ1v) is 9.00. The first-order chi connectivity index (χ1) is 13.2. The van der Waals surface area contributed by atoms with Crippen molar-refractivity contribution in [1.29, 1.82) is 0 Å². The zero-order valence-electron chi connectivity index (χ0n) is 14.8. The van der Waals surface area contributed by atoms with E-state index in [0.717, 1.165) is 32.9 Å². The molecule has 2 N–H and O–H groups in total. The fraction of sp³-hybridized carbons (Fsp3) is 0.0952. The van der Waals surface area contributed by atoms with Gasteiger partial charge >= 0.3 is 0 Å². The summed E-state index contributed by atoms with van der Waals surface area (Å²) in [7, 11) is 0. The van der Waals surface area contributed by atoms with Gasteiger partial charge in [0.2, 0.25) is 5.95 Å². The molecule has 0 bridgehead atoms. The molecule has 2 heterocycles. The maximum absolute atomic E-state index is 6.22. The summed E-state index contributed by atoms with van der Waals surface area (Å²) in [5, 5.41) is 8.40. The standard InChI is InChI=1S/C21H18ClN5/c1-14-12-19(26-18-10-4-7-15-8-5-11-23-20(15)18)27-21(25-14)24-13-16-6-2-3-9-17(16)22/h2-12H,13H2,1H3,(H2,24,25,26,27). The molecule has 4 rings (SSSR count). The van der Waals surface area contributed by atoms with Crippen LogP contribution in [0.2, 0.25) is 5.02 Å². The van der Waals surface area contributed by atoms with Gasteiger partial charge < -0.3 is 10.6 Å². The lowest BCUT2D eigenvalue weighted by molar-refractivity contribution is 1.03. The number of fused-ring (bicyclic) bond motifs is 1. The van der Waals surface area contributed by atoms with Crippen molar-refractivity contribution in [2.24, 2.45) is 0 Å². The van der Waals surface area contributed by atoms with Crippen LogP contribution in [0.25, 0.3) is 10.9 Å². The molecule has 0 amide bonds. The van der Waals surface area contributed by atoms with Crippen LogP contribution in [0.3, 0.4) is 0 Å². The van der Waals surface area contributed by atoms with Crippen LogP contribution in [-0.4, -0.2) is 15.0 Å². The molecule has 0 atom stereocenters. The van der Waals surface area contributed by atoms with E-state index in [0.29, 0.717) is 18.3 Å². The van der Waals surface area contributed by atoms with Crippen LogP contribution in [0, 0.1) is 6.92 Å². The van der Waals surface area contributed by atoms with Gasteiger partial charge in [-0.3, -0.25) is 4.98 Å². The normalized spacial score (nSPS) is 10.7. The Labute approximate surface area is 162 Å². The van der Waals surface area contributed by atoms with E-state index < -0.39 is 0 Å². The van der Waals surface area contributed by atoms with Gasteiger partial charge in [0.15, 0.2) is 0 Å². The molecule has 134 valence electrons. The minimum absolute atomic E-state index is 0.547. The largest absolute Gasteiger partial charge is 0.350 e. The lowest BCUT2D eigenvalue weighted by atomic mass is 10.2. The minimum Gasteiger partial charge on any atom is -0.350 e. The van der Waals surface area contributed by atoms with Gasteiger partial charge in [0.25, 0.3) is 0 Å². The highest BCUT2D eigenvalue weighted by Gasteiger charge is 2.07.